The van der Waals surface area contributed by atoms with E-state index >= 15 is 0 Å². The zero-order valence-electron chi connectivity index (χ0n) is 14.4. The molecule has 124 valence electrons. The summed E-state index contributed by atoms with van der Waals surface area (Å²) in [5.41, 5.74) is 3.96. The first-order chi connectivity index (χ1) is 11.3. The Morgan fingerprint density at radius 3 is 2.42 bits per heavy atom. The minimum absolute atomic E-state index is 0.0117. The molecule has 0 unspecified atom stereocenters. The monoisotopic (exact) mass is 323 g/mol. The van der Waals surface area contributed by atoms with E-state index in [1.165, 1.54) is 0 Å². The maximum absolute atomic E-state index is 12.4. The number of aromatic nitrogens is 1. The third-order valence-electron chi connectivity index (χ3n) is 4.30. The molecular weight excluding hydrogens is 302 g/mol. The Labute approximate surface area is 141 Å². The molecule has 0 aliphatic rings. The molecule has 0 atom stereocenters. The van der Waals surface area contributed by atoms with Crippen LogP contribution in [-0.4, -0.2) is 17.9 Å². The summed E-state index contributed by atoms with van der Waals surface area (Å²) in [5.74, 6) is -0.0117. The highest BCUT2D eigenvalue weighted by atomic mass is 16.2. The summed E-state index contributed by atoms with van der Waals surface area (Å²) < 4.78 is 0. The van der Waals surface area contributed by atoms with Gasteiger partial charge in [0.15, 0.2) is 0 Å². The number of benzene rings is 1. The molecule has 5 heteroatoms. The first-order valence-corrected chi connectivity index (χ1v) is 7.80. The van der Waals surface area contributed by atoms with Crippen molar-refractivity contribution >= 4 is 11.6 Å². The second-order valence-electron chi connectivity index (χ2n) is 5.96. The van der Waals surface area contributed by atoms with Gasteiger partial charge in [0.1, 0.15) is 11.6 Å². The van der Waals surface area contributed by atoms with Crippen molar-refractivity contribution in [3.8, 4) is 6.07 Å². The van der Waals surface area contributed by atoms with Crippen molar-refractivity contribution in [1.29, 1.82) is 5.26 Å². The van der Waals surface area contributed by atoms with Crippen molar-refractivity contribution in [1.82, 2.24) is 4.98 Å². The van der Waals surface area contributed by atoms with Crippen LogP contribution < -0.4 is 10.5 Å². The molecule has 1 aromatic carbocycles. The van der Waals surface area contributed by atoms with Crippen molar-refractivity contribution in [2.75, 3.05) is 11.9 Å². The smallest absolute Gasteiger partial charge is 0.266 e. The Hall–Kier alpha value is -2.87. The fourth-order valence-electron chi connectivity index (χ4n) is 2.73. The number of amides is 1. The largest absolute Gasteiger partial charge is 0.325 e. The van der Waals surface area contributed by atoms with Gasteiger partial charge in [-0.15, -0.1) is 0 Å². The molecule has 0 fully saturated rings. The number of aryl methyl sites for hydroxylation is 2. The number of H-pyrrole nitrogens is 1. The summed E-state index contributed by atoms with van der Waals surface area (Å²) >= 11 is 0. The molecule has 1 heterocycles. The lowest BCUT2D eigenvalue weighted by Crippen LogP contribution is -2.27. The molecule has 24 heavy (non-hydrogen) atoms. The van der Waals surface area contributed by atoms with Gasteiger partial charge in [-0.1, -0.05) is 17.7 Å². The van der Waals surface area contributed by atoms with E-state index in [0.29, 0.717) is 24.1 Å². The molecule has 1 aromatic heterocycles. The van der Waals surface area contributed by atoms with E-state index in [-0.39, 0.29) is 17.0 Å². The number of carbonyl (C=O) groups excluding carboxylic acids is 1. The van der Waals surface area contributed by atoms with Gasteiger partial charge >= 0.3 is 0 Å². The summed E-state index contributed by atoms with van der Waals surface area (Å²) in [4.78, 5) is 28.5. The van der Waals surface area contributed by atoms with Crippen LogP contribution in [0.5, 0.6) is 0 Å². The number of nitrogens with one attached hydrogen (secondary N) is 1. The molecule has 5 nitrogen and oxygen atoms in total. The van der Waals surface area contributed by atoms with Crippen LogP contribution in [0.1, 0.15) is 34.4 Å². The van der Waals surface area contributed by atoms with Gasteiger partial charge < -0.3 is 9.88 Å². The van der Waals surface area contributed by atoms with E-state index in [1.807, 2.05) is 37.3 Å². The van der Waals surface area contributed by atoms with Crippen LogP contribution in [-0.2, 0) is 11.2 Å². The summed E-state index contributed by atoms with van der Waals surface area (Å²) in [6, 6.07) is 9.70. The SMILES string of the molecule is Cc1ccc(N(C)C(=O)CCc2c(C)[nH]c(=O)c(C#N)c2C)cc1. The Balaban J connectivity index is 2.16. The van der Waals surface area contributed by atoms with Crippen molar-refractivity contribution in [3.05, 3.63) is 62.6 Å². The molecule has 0 spiro atoms. The minimum atomic E-state index is -0.376. The zero-order chi connectivity index (χ0) is 17.9. The quantitative estimate of drug-likeness (QED) is 0.940. The minimum Gasteiger partial charge on any atom is -0.325 e. The average molecular weight is 323 g/mol. The average Bonchev–Trinajstić information content (AvgIpc) is 2.54. The number of hydrogen-bond acceptors (Lipinski definition) is 3. The maximum atomic E-state index is 12.4. The number of nitriles is 1. The maximum Gasteiger partial charge on any atom is 0.266 e. The topological polar surface area (TPSA) is 77.0 Å². The predicted molar refractivity (Wildman–Crippen MR) is 94.2 cm³/mol. The van der Waals surface area contributed by atoms with E-state index in [0.717, 1.165) is 16.8 Å². The first-order valence-electron chi connectivity index (χ1n) is 7.80. The number of aromatic amines is 1. The van der Waals surface area contributed by atoms with Gasteiger partial charge in [-0.3, -0.25) is 9.59 Å². The molecule has 0 aliphatic carbocycles. The number of carbonyl (C=O) groups is 1. The van der Waals surface area contributed by atoms with Crippen LogP contribution in [0.4, 0.5) is 5.69 Å². The number of pyridine rings is 1. The van der Waals surface area contributed by atoms with Gasteiger partial charge in [0.2, 0.25) is 5.91 Å². The van der Waals surface area contributed by atoms with Crippen molar-refractivity contribution in [2.24, 2.45) is 0 Å². The van der Waals surface area contributed by atoms with Gasteiger partial charge in [-0.2, -0.15) is 5.26 Å². The Morgan fingerprint density at radius 2 is 1.83 bits per heavy atom. The summed E-state index contributed by atoms with van der Waals surface area (Å²) in [7, 11) is 1.75. The van der Waals surface area contributed by atoms with E-state index in [9.17, 15) is 9.59 Å². The third-order valence-corrected chi connectivity index (χ3v) is 4.30. The second-order valence-corrected chi connectivity index (χ2v) is 5.96. The fraction of sp³-hybridized carbons (Fsp3) is 0.316. The van der Waals surface area contributed by atoms with Gasteiger partial charge in [-0.05, 0) is 50.5 Å². The van der Waals surface area contributed by atoms with Gasteiger partial charge in [0, 0.05) is 24.8 Å². The van der Waals surface area contributed by atoms with E-state index in [4.69, 9.17) is 5.26 Å². The first kappa shape index (κ1) is 17.5. The van der Waals surface area contributed by atoms with Crippen LogP contribution in [0, 0.1) is 32.1 Å². The summed E-state index contributed by atoms with van der Waals surface area (Å²) in [6.45, 7) is 5.55. The molecule has 0 radical (unpaired) electrons. The summed E-state index contributed by atoms with van der Waals surface area (Å²) in [6.07, 6.45) is 0.793. The van der Waals surface area contributed by atoms with Crippen LogP contribution in [0.2, 0.25) is 0 Å². The highest BCUT2D eigenvalue weighted by Gasteiger charge is 2.15. The molecule has 0 bridgehead atoms. The Kier molecular flexibility index (Phi) is 5.20. The highest BCUT2D eigenvalue weighted by molar-refractivity contribution is 5.92. The Morgan fingerprint density at radius 1 is 1.21 bits per heavy atom. The lowest BCUT2D eigenvalue weighted by molar-refractivity contribution is -0.118. The molecular formula is C19H21N3O2. The second kappa shape index (κ2) is 7.14. The highest BCUT2D eigenvalue weighted by Crippen LogP contribution is 2.18. The number of anilines is 1. The normalized spacial score (nSPS) is 10.3. The fourth-order valence-corrected chi connectivity index (χ4v) is 2.73. The molecule has 2 aromatic rings. The standard InChI is InChI=1S/C19H21N3O2/c1-12-5-7-15(8-6-12)22(4)18(23)10-9-16-13(2)17(11-20)19(24)21-14(16)3/h5-8H,9-10H2,1-4H3,(H,21,24). The summed E-state index contributed by atoms with van der Waals surface area (Å²) in [5, 5.41) is 9.11. The van der Waals surface area contributed by atoms with Crippen LogP contribution in [0.25, 0.3) is 0 Å². The van der Waals surface area contributed by atoms with Gasteiger partial charge in [0.05, 0.1) is 0 Å². The number of nitrogens with zero attached hydrogens (tertiary/aromatic N) is 2. The Bertz CT molecular complexity index is 858. The van der Waals surface area contributed by atoms with Crippen LogP contribution in [0.15, 0.2) is 29.1 Å². The zero-order valence-corrected chi connectivity index (χ0v) is 14.4. The van der Waals surface area contributed by atoms with E-state index in [2.05, 4.69) is 4.98 Å². The van der Waals surface area contributed by atoms with E-state index in [1.54, 1.807) is 25.8 Å². The van der Waals surface area contributed by atoms with E-state index < -0.39 is 0 Å². The molecule has 0 aliphatic heterocycles. The van der Waals surface area contributed by atoms with Crippen molar-refractivity contribution < 1.29 is 4.79 Å². The lowest BCUT2D eigenvalue weighted by atomic mass is 9.99. The van der Waals surface area contributed by atoms with Gasteiger partial charge in [-0.25, -0.2) is 0 Å². The number of rotatable bonds is 4. The van der Waals surface area contributed by atoms with Crippen LogP contribution >= 0.6 is 0 Å². The molecule has 1 N–H and O–H groups in total. The van der Waals surface area contributed by atoms with Gasteiger partial charge in [0.25, 0.3) is 5.56 Å². The molecule has 2 rings (SSSR count). The van der Waals surface area contributed by atoms with Crippen LogP contribution in [0.3, 0.4) is 0 Å². The number of hydrogen-bond donors (Lipinski definition) is 1. The van der Waals surface area contributed by atoms with Crippen molar-refractivity contribution in [2.45, 2.75) is 33.6 Å². The third kappa shape index (κ3) is 3.54. The molecule has 0 saturated heterocycles. The molecule has 1 amide bonds. The van der Waals surface area contributed by atoms with Crippen molar-refractivity contribution in [3.63, 3.8) is 0 Å². The predicted octanol–water partition coefficient (Wildman–Crippen LogP) is 2.77. The lowest BCUT2D eigenvalue weighted by Gasteiger charge is -2.18. The molecule has 0 saturated carbocycles.